The summed E-state index contributed by atoms with van der Waals surface area (Å²) in [7, 11) is -0.803. The molecule has 1 saturated heterocycles. The summed E-state index contributed by atoms with van der Waals surface area (Å²) in [6, 6.07) is 8.08. The molecule has 3 unspecified atom stereocenters. The minimum atomic E-state index is -0.803. The lowest BCUT2D eigenvalue weighted by atomic mass is 10.1. The fourth-order valence-electron chi connectivity index (χ4n) is 2.48. The summed E-state index contributed by atoms with van der Waals surface area (Å²) < 4.78 is 11.1. The first-order chi connectivity index (χ1) is 9.49. The highest BCUT2D eigenvalue weighted by Crippen LogP contribution is 2.25. The highest BCUT2D eigenvalue weighted by Gasteiger charge is 2.36. The maximum atomic E-state index is 12.2. The van der Waals surface area contributed by atoms with E-state index in [0.717, 1.165) is 12.0 Å². The molecular weight excluding hydrogens is 272 g/mol. The zero-order chi connectivity index (χ0) is 14.7. The highest BCUT2D eigenvalue weighted by atomic mass is 32.2. The molecule has 5 heteroatoms. The quantitative estimate of drug-likeness (QED) is 0.897. The maximum absolute atomic E-state index is 12.2. The average molecular weight is 294 g/mol. The van der Waals surface area contributed by atoms with Crippen molar-refractivity contribution in [3.05, 3.63) is 35.4 Å². The van der Waals surface area contributed by atoms with E-state index in [1.165, 1.54) is 5.56 Å². The molecule has 1 aromatic rings. The zero-order valence-corrected chi connectivity index (χ0v) is 13.1. The molecular formula is C15H22N2O2S. The van der Waals surface area contributed by atoms with Gasteiger partial charge in [-0.2, -0.15) is 0 Å². The van der Waals surface area contributed by atoms with E-state index in [-0.39, 0.29) is 18.1 Å². The molecule has 1 aliphatic rings. The minimum absolute atomic E-state index is 0.0663. The molecule has 2 rings (SSSR count). The molecule has 0 radical (unpaired) electrons. The van der Waals surface area contributed by atoms with Gasteiger partial charge in [0.2, 0.25) is 5.91 Å². The van der Waals surface area contributed by atoms with Crippen LogP contribution in [0.4, 0.5) is 0 Å². The van der Waals surface area contributed by atoms with Crippen molar-refractivity contribution in [1.29, 1.82) is 0 Å². The second-order valence-electron chi connectivity index (χ2n) is 5.36. The lowest BCUT2D eigenvalue weighted by Gasteiger charge is -2.24. The molecule has 4 nitrogen and oxygen atoms in total. The monoisotopic (exact) mass is 294 g/mol. The van der Waals surface area contributed by atoms with Gasteiger partial charge in [0.1, 0.15) is 6.17 Å². The van der Waals surface area contributed by atoms with E-state index >= 15 is 0 Å². The second-order valence-corrected chi connectivity index (χ2v) is 6.92. The summed E-state index contributed by atoms with van der Waals surface area (Å²) in [4.78, 5) is 14.1. The van der Waals surface area contributed by atoms with Gasteiger partial charge >= 0.3 is 0 Å². The van der Waals surface area contributed by atoms with Crippen LogP contribution in [0.3, 0.4) is 0 Å². The number of rotatable bonds is 5. The molecule has 0 spiro atoms. The Morgan fingerprint density at radius 2 is 1.95 bits per heavy atom. The van der Waals surface area contributed by atoms with Crippen LogP contribution >= 0.6 is 0 Å². The summed E-state index contributed by atoms with van der Waals surface area (Å²) in [5.74, 6) is 0.760. The molecule has 1 aliphatic heterocycles. The summed E-state index contributed by atoms with van der Waals surface area (Å²) in [6.45, 7) is 4.59. The molecule has 1 N–H and O–H groups in total. The number of carbonyl (C=O) groups excluding carboxylic acids is 1. The SMILES string of the molecule is Cc1ccc(C2NC(C)C(=O)N2CCCS(C)=O)cc1. The van der Waals surface area contributed by atoms with Gasteiger partial charge in [-0.25, -0.2) is 0 Å². The van der Waals surface area contributed by atoms with E-state index < -0.39 is 10.8 Å². The van der Waals surface area contributed by atoms with E-state index in [1.807, 2.05) is 18.7 Å². The molecule has 0 saturated carbocycles. The highest BCUT2D eigenvalue weighted by molar-refractivity contribution is 7.84. The zero-order valence-electron chi connectivity index (χ0n) is 12.3. The molecule has 1 amide bonds. The Morgan fingerprint density at radius 3 is 2.55 bits per heavy atom. The van der Waals surface area contributed by atoms with Crippen molar-refractivity contribution in [2.75, 3.05) is 18.6 Å². The average Bonchev–Trinajstić information content (AvgIpc) is 2.67. The molecule has 3 atom stereocenters. The Hall–Kier alpha value is -1.20. The predicted molar refractivity (Wildman–Crippen MR) is 81.8 cm³/mol. The molecule has 110 valence electrons. The van der Waals surface area contributed by atoms with Crippen LogP contribution in [0.5, 0.6) is 0 Å². The van der Waals surface area contributed by atoms with Gasteiger partial charge < -0.3 is 4.90 Å². The molecule has 0 aliphatic carbocycles. The first-order valence-electron chi connectivity index (χ1n) is 6.92. The van der Waals surface area contributed by atoms with Crippen LogP contribution in [-0.2, 0) is 15.6 Å². The van der Waals surface area contributed by atoms with Crippen LogP contribution in [-0.4, -0.2) is 39.6 Å². The fourth-order valence-corrected chi connectivity index (χ4v) is 3.01. The number of aryl methyl sites for hydroxylation is 1. The first kappa shape index (κ1) is 15.2. The van der Waals surface area contributed by atoms with Gasteiger partial charge in [-0.3, -0.25) is 14.3 Å². The summed E-state index contributed by atoms with van der Waals surface area (Å²) >= 11 is 0. The Morgan fingerprint density at radius 1 is 1.30 bits per heavy atom. The Kier molecular flexibility index (Phi) is 4.94. The normalized spacial score (nSPS) is 24.1. The molecule has 0 aromatic heterocycles. The smallest absolute Gasteiger partial charge is 0.241 e. The number of hydrogen-bond acceptors (Lipinski definition) is 3. The lowest BCUT2D eigenvalue weighted by molar-refractivity contribution is -0.129. The van der Waals surface area contributed by atoms with Crippen molar-refractivity contribution in [2.45, 2.75) is 32.5 Å². The Bertz CT molecular complexity index is 501. The summed E-state index contributed by atoms with van der Waals surface area (Å²) in [6.07, 6.45) is 2.40. The molecule has 1 heterocycles. The standard InChI is InChI=1S/C15H22N2O2S/c1-11-5-7-13(8-6-11)14-16-12(2)15(18)17(14)9-4-10-20(3)19/h5-8,12,14,16H,4,9-10H2,1-3H3. The van der Waals surface area contributed by atoms with Gasteiger partial charge in [0, 0.05) is 29.4 Å². The van der Waals surface area contributed by atoms with Gasteiger partial charge in [-0.05, 0) is 25.8 Å². The van der Waals surface area contributed by atoms with E-state index in [1.54, 1.807) is 6.26 Å². The van der Waals surface area contributed by atoms with Crippen LogP contribution < -0.4 is 5.32 Å². The van der Waals surface area contributed by atoms with Crippen molar-refractivity contribution in [3.63, 3.8) is 0 Å². The molecule has 1 fully saturated rings. The largest absolute Gasteiger partial charge is 0.322 e. The van der Waals surface area contributed by atoms with Gasteiger partial charge in [-0.15, -0.1) is 0 Å². The number of amides is 1. The van der Waals surface area contributed by atoms with Crippen LogP contribution in [0, 0.1) is 6.92 Å². The van der Waals surface area contributed by atoms with Crippen molar-refractivity contribution < 1.29 is 9.00 Å². The van der Waals surface area contributed by atoms with E-state index in [4.69, 9.17) is 0 Å². The minimum Gasteiger partial charge on any atom is -0.322 e. The number of nitrogens with one attached hydrogen (secondary N) is 1. The summed E-state index contributed by atoms with van der Waals surface area (Å²) in [5, 5.41) is 3.33. The molecule has 0 bridgehead atoms. The number of carbonyl (C=O) groups is 1. The van der Waals surface area contributed by atoms with Crippen LogP contribution in [0.1, 0.15) is 30.6 Å². The van der Waals surface area contributed by atoms with Gasteiger partial charge in [0.25, 0.3) is 0 Å². The third kappa shape index (κ3) is 3.46. The Labute approximate surface area is 123 Å². The third-order valence-corrected chi connectivity index (χ3v) is 4.46. The summed E-state index contributed by atoms with van der Waals surface area (Å²) in [5.41, 5.74) is 2.31. The topological polar surface area (TPSA) is 49.4 Å². The Balaban J connectivity index is 2.10. The fraction of sp³-hybridized carbons (Fsp3) is 0.533. The third-order valence-electron chi connectivity index (χ3n) is 3.60. The van der Waals surface area contributed by atoms with Crippen LogP contribution in [0.15, 0.2) is 24.3 Å². The predicted octanol–water partition coefficient (Wildman–Crippen LogP) is 1.58. The van der Waals surface area contributed by atoms with Gasteiger partial charge in [-0.1, -0.05) is 29.8 Å². The van der Waals surface area contributed by atoms with Crippen molar-refractivity contribution >= 4 is 16.7 Å². The maximum Gasteiger partial charge on any atom is 0.241 e. The van der Waals surface area contributed by atoms with E-state index in [9.17, 15) is 9.00 Å². The number of benzene rings is 1. The van der Waals surface area contributed by atoms with E-state index in [0.29, 0.717) is 12.3 Å². The van der Waals surface area contributed by atoms with Gasteiger partial charge in [0.15, 0.2) is 0 Å². The lowest BCUT2D eigenvalue weighted by Crippen LogP contribution is -2.32. The first-order valence-corrected chi connectivity index (χ1v) is 8.65. The van der Waals surface area contributed by atoms with Gasteiger partial charge in [0.05, 0.1) is 6.04 Å². The van der Waals surface area contributed by atoms with E-state index in [2.05, 4.69) is 29.6 Å². The molecule has 20 heavy (non-hydrogen) atoms. The van der Waals surface area contributed by atoms with Crippen LogP contribution in [0.25, 0.3) is 0 Å². The number of nitrogens with zero attached hydrogens (tertiary/aromatic N) is 1. The van der Waals surface area contributed by atoms with Crippen molar-refractivity contribution in [2.24, 2.45) is 0 Å². The number of hydrogen-bond donors (Lipinski definition) is 1. The van der Waals surface area contributed by atoms with Crippen LogP contribution in [0.2, 0.25) is 0 Å². The second kappa shape index (κ2) is 6.50. The van der Waals surface area contributed by atoms with Crippen molar-refractivity contribution in [1.82, 2.24) is 10.2 Å². The molecule has 1 aromatic carbocycles. The van der Waals surface area contributed by atoms with Crippen molar-refractivity contribution in [3.8, 4) is 0 Å².